The maximum Gasteiger partial charge on any atom is 0.435 e. The summed E-state index contributed by atoms with van der Waals surface area (Å²) in [7, 11) is 0. The summed E-state index contributed by atoms with van der Waals surface area (Å²) in [5, 5.41) is 0. The fourth-order valence-corrected chi connectivity index (χ4v) is 1.88. The summed E-state index contributed by atoms with van der Waals surface area (Å²) >= 11 is 0. The van der Waals surface area contributed by atoms with Crippen molar-refractivity contribution < 1.29 is 79.0 Å². The molecule has 0 rings (SSSR count). The van der Waals surface area contributed by atoms with Gasteiger partial charge in [-0.2, -0.15) is 74.6 Å². The lowest BCUT2D eigenvalue weighted by Gasteiger charge is -2.44. The summed E-state index contributed by atoms with van der Waals surface area (Å²) in [6, 6.07) is 0. The molecule has 0 spiro atoms. The molecule has 0 aliphatic heterocycles. The number of hydrogen-bond donors (Lipinski definition) is 0. The average Bonchev–Trinajstić information content (AvgIpc) is 2.25. The number of halogens is 18. The van der Waals surface area contributed by atoms with Crippen LogP contribution in [0.4, 0.5) is 79.0 Å². The van der Waals surface area contributed by atoms with Crippen LogP contribution in [0, 0.1) is 5.41 Å². The largest absolute Gasteiger partial charge is 0.435 e. The van der Waals surface area contributed by atoms with Gasteiger partial charge in [0.15, 0.2) is 0 Å². The maximum atomic E-state index is 13.5. The normalized spacial score (nSPS) is 15.8. The molecule has 0 saturated carbocycles. The van der Waals surface area contributed by atoms with Crippen molar-refractivity contribution in [3.8, 4) is 0 Å². The van der Waals surface area contributed by atoms with Crippen LogP contribution in [0.2, 0.25) is 0 Å². The Bertz CT molecular complexity index is 518. The van der Waals surface area contributed by atoms with E-state index in [-0.39, 0.29) is 0 Å². The van der Waals surface area contributed by atoms with Crippen molar-refractivity contribution in [2.45, 2.75) is 36.6 Å². The standard InChI is InChI=1S/C9F18/c10-2(11)1(4(12,8(22,23)24)9(25,26)27)3(5(13,14)15,6(16,17)18)7(19,20)21. The molecule has 162 valence electrons. The monoisotopic (exact) mass is 450 g/mol. The SMILES string of the molecule is FC(F)=C(C(F)(C(F)(F)F)C(F)(F)F)C(C(F)(F)F)(C(F)(F)F)C(F)(F)F. The molecular formula is C9F18. The van der Waals surface area contributed by atoms with E-state index in [1.165, 1.54) is 0 Å². The highest BCUT2D eigenvalue weighted by atomic mass is 19.4. The number of rotatable bonds is 2. The van der Waals surface area contributed by atoms with Crippen LogP contribution in [0.1, 0.15) is 0 Å². The minimum Gasteiger partial charge on any atom is -0.218 e. The van der Waals surface area contributed by atoms with Gasteiger partial charge in [0.1, 0.15) is 0 Å². The Morgan fingerprint density at radius 1 is 0.370 bits per heavy atom. The Morgan fingerprint density at radius 3 is 0.704 bits per heavy atom. The van der Waals surface area contributed by atoms with Crippen LogP contribution >= 0.6 is 0 Å². The van der Waals surface area contributed by atoms with Crippen LogP contribution in [-0.4, -0.2) is 36.6 Å². The number of alkyl halides is 16. The van der Waals surface area contributed by atoms with E-state index >= 15 is 0 Å². The predicted octanol–water partition coefficient (Wildman–Crippen LogP) is 6.64. The van der Waals surface area contributed by atoms with Gasteiger partial charge in [-0.05, 0) is 0 Å². The first-order chi connectivity index (χ1) is 11.3. The van der Waals surface area contributed by atoms with E-state index in [2.05, 4.69) is 0 Å². The van der Waals surface area contributed by atoms with Crippen LogP contribution in [-0.2, 0) is 0 Å². The third-order valence-electron chi connectivity index (χ3n) is 2.97. The molecule has 0 amide bonds. The fourth-order valence-electron chi connectivity index (χ4n) is 1.88. The van der Waals surface area contributed by atoms with E-state index in [1.54, 1.807) is 0 Å². The van der Waals surface area contributed by atoms with Gasteiger partial charge in [0.25, 0.3) is 11.5 Å². The van der Waals surface area contributed by atoms with Crippen molar-refractivity contribution in [2.24, 2.45) is 5.41 Å². The highest BCUT2D eigenvalue weighted by molar-refractivity contribution is 5.37. The molecule has 0 aliphatic carbocycles. The lowest BCUT2D eigenvalue weighted by Crippen LogP contribution is -2.68. The van der Waals surface area contributed by atoms with E-state index in [4.69, 9.17) is 0 Å². The summed E-state index contributed by atoms with van der Waals surface area (Å²) in [6.45, 7) is 0. The molecule has 0 atom stereocenters. The lowest BCUT2D eigenvalue weighted by molar-refractivity contribution is -0.427. The molecular weight excluding hydrogens is 450 g/mol. The second kappa shape index (κ2) is 6.25. The Balaban J connectivity index is 7.91. The predicted molar refractivity (Wildman–Crippen MR) is 45.8 cm³/mol. The van der Waals surface area contributed by atoms with Gasteiger partial charge < -0.3 is 0 Å². The zero-order valence-electron chi connectivity index (χ0n) is 11.3. The summed E-state index contributed by atoms with van der Waals surface area (Å²) in [4.78, 5) is 0. The number of hydrogen-bond acceptors (Lipinski definition) is 0. The van der Waals surface area contributed by atoms with Crippen molar-refractivity contribution in [2.75, 3.05) is 0 Å². The molecule has 0 aromatic rings. The summed E-state index contributed by atoms with van der Waals surface area (Å²) in [6.07, 6.45) is -46.8. The van der Waals surface area contributed by atoms with Crippen molar-refractivity contribution in [3.05, 3.63) is 11.7 Å². The van der Waals surface area contributed by atoms with Crippen LogP contribution in [0.5, 0.6) is 0 Å². The molecule has 0 unspecified atom stereocenters. The van der Waals surface area contributed by atoms with E-state index in [0.717, 1.165) is 0 Å². The van der Waals surface area contributed by atoms with E-state index in [9.17, 15) is 79.0 Å². The topological polar surface area (TPSA) is 0 Å². The zero-order valence-corrected chi connectivity index (χ0v) is 11.3. The molecule has 0 bridgehead atoms. The summed E-state index contributed by atoms with van der Waals surface area (Å²) < 4.78 is 226. The first kappa shape index (κ1) is 25.5. The molecule has 0 fully saturated rings. The van der Waals surface area contributed by atoms with Gasteiger partial charge in [-0.1, -0.05) is 0 Å². The molecule has 0 saturated heterocycles. The quantitative estimate of drug-likeness (QED) is 0.414. The Labute approximate surface area is 134 Å². The lowest BCUT2D eigenvalue weighted by atomic mass is 9.70. The average molecular weight is 450 g/mol. The van der Waals surface area contributed by atoms with E-state index in [1.807, 2.05) is 0 Å². The van der Waals surface area contributed by atoms with Gasteiger partial charge in [-0.25, -0.2) is 4.39 Å². The molecule has 0 aliphatic rings. The van der Waals surface area contributed by atoms with Crippen LogP contribution in [0.15, 0.2) is 11.7 Å². The third kappa shape index (κ3) is 3.50. The third-order valence-corrected chi connectivity index (χ3v) is 2.97. The highest BCUT2D eigenvalue weighted by Gasteiger charge is 2.93. The summed E-state index contributed by atoms with van der Waals surface area (Å²) in [5.41, 5.74) is -22.8. The fraction of sp³-hybridized carbons (Fsp3) is 0.778. The first-order valence-electron chi connectivity index (χ1n) is 5.40. The molecule has 0 radical (unpaired) electrons. The van der Waals surface area contributed by atoms with E-state index in [0.29, 0.717) is 0 Å². The van der Waals surface area contributed by atoms with Gasteiger partial charge in [0.05, 0.1) is 5.57 Å². The van der Waals surface area contributed by atoms with E-state index < -0.39 is 53.6 Å². The minimum atomic E-state index is -8.54. The van der Waals surface area contributed by atoms with Gasteiger partial charge in [0, 0.05) is 0 Å². The molecule has 18 heteroatoms. The van der Waals surface area contributed by atoms with Gasteiger partial charge in [0.2, 0.25) is 0 Å². The maximum absolute atomic E-state index is 13.5. The van der Waals surface area contributed by atoms with Crippen LogP contribution < -0.4 is 0 Å². The zero-order chi connectivity index (χ0) is 22.7. The van der Waals surface area contributed by atoms with Gasteiger partial charge in [-0.3, -0.25) is 0 Å². The highest BCUT2D eigenvalue weighted by Crippen LogP contribution is 2.69. The summed E-state index contributed by atoms with van der Waals surface area (Å²) in [5.74, 6) is 0. The van der Waals surface area contributed by atoms with Crippen LogP contribution in [0.3, 0.4) is 0 Å². The van der Waals surface area contributed by atoms with Crippen LogP contribution in [0.25, 0.3) is 0 Å². The molecule has 0 heterocycles. The van der Waals surface area contributed by atoms with Crippen molar-refractivity contribution >= 4 is 0 Å². The molecule has 0 nitrogen and oxygen atoms in total. The minimum absolute atomic E-state index is 5.47. The second-order valence-corrected chi connectivity index (χ2v) is 4.53. The molecule has 0 aromatic heterocycles. The molecule has 0 N–H and O–H groups in total. The Morgan fingerprint density at radius 2 is 0.593 bits per heavy atom. The second-order valence-electron chi connectivity index (χ2n) is 4.53. The van der Waals surface area contributed by atoms with Crippen molar-refractivity contribution in [1.82, 2.24) is 0 Å². The molecule has 0 aromatic carbocycles. The van der Waals surface area contributed by atoms with Crippen molar-refractivity contribution in [1.29, 1.82) is 0 Å². The van der Waals surface area contributed by atoms with Crippen molar-refractivity contribution in [3.63, 3.8) is 0 Å². The van der Waals surface area contributed by atoms with Gasteiger partial charge >= 0.3 is 36.6 Å². The smallest absolute Gasteiger partial charge is 0.218 e. The van der Waals surface area contributed by atoms with Gasteiger partial charge in [-0.15, -0.1) is 0 Å². The number of allylic oxidation sites excluding steroid dienone is 1. The Kier molecular flexibility index (Phi) is 5.90. The Hall–Kier alpha value is -1.52. The first-order valence-corrected chi connectivity index (χ1v) is 5.40. The molecule has 27 heavy (non-hydrogen) atoms.